The van der Waals surface area contributed by atoms with Crippen LogP contribution in [0.3, 0.4) is 0 Å². The molecule has 0 radical (unpaired) electrons. The zero-order chi connectivity index (χ0) is 54.4. The van der Waals surface area contributed by atoms with Crippen molar-refractivity contribution < 1.29 is 77.6 Å². The number of fused-ring (bicyclic) bond motifs is 3. The summed E-state index contributed by atoms with van der Waals surface area (Å²) in [7, 11) is 4.43. The topological polar surface area (TPSA) is 242 Å². The molecule has 3 fully saturated rings. The Morgan fingerprint density at radius 2 is 1.56 bits per heavy atom. The van der Waals surface area contributed by atoms with E-state index in [0.29, 0.717) is 69.8 Å². The second-order valence-corrected chi connectivity index (χ2v) is 21.8. The van der Waals surface area contributed by atoms with Crippen LogP contribution in [0.2, 0.25) is 0 Å². The molecule has 2 bridgehead atoms. The molecule has 0 aromatic carbocycles. The lowest BCUT2D eigenvalue weighted by atomic mass is 9.78. The summed E-state index contributed by atoms with van der Waals surface area (Å²) in [5.74, 6) is -9.36. The van der Waals surface area contributed by atoms with Gasteiger partial charge in [0, 0.05) is 58.5 Å². The van der Waals surface area contributed by atoms with Crippen LogP contribution < -0.4 is 0 Å². The highest BCUT2D eigenvalue weighted by molar-refractivity contribution is 6.39. The summed E-state index contributed by atoms with van der Waals surface area (Å²) < 4.78 is 35.4. The quantitative estimate of drug-likeness (QED) is 0.116. The highest BCUT2D eigenvalue weighted by Gasteiger charge is 2.53. The fraction of sp³-hybridized carbons (Fsp3) is 0.750. The number of amides is 1. The van der Waals surface area contributed by atoms with E-state index in [4.69, 9.17) is 28.4 Å². The number of hydrogen-bond donors (Lipinski definition) is 4. The molecule has 4 aliphatic rings. The van der Waals surface area contributed by atoms with Crippen molar-refractivity contribution in [2.24, 2.45) is 40.9 Å². The van der Waals surface area contributed by atoms with Gasteiger partial charge < -0.3 is 53.7 Å². The van der Waals surface area contributed by atoms with E-state index in [2.05, 4.69) is 0 Å². The molecular formula is C56H87NO16. The summed E-state index contributed by atoms with van der Waals surface area (Å²) in [6.07, 6.45) is 9.76. The second kappa shape index (κ2) is 28.3. The molecule has 4 N–H and O–H groups in total. The van der Waals surface area contributed by atoms with Crippen LogP contribution >= 0.6 is 0 Å². The van der Waals surface area contributed by atoms with Crippen LogP contribution in [-0.2, 0) is 57.2 Å². The molecular weight excluding hydrogens is 943 g/mol. The van der Waals surface area contributed by atoms with Gasteiger partial charge in [0.1, 0.15) is 41.7 Å². The van der Waals surface area contributed by atoms with Crippen molar-refractivity contribution in [1.82, 2.24) is 4.90 Å². The molecule has 0 unspecified atom stereocenters. The average Bonchev–Trinajstić information content (AvgIpc) is 3.37. The third-order valence-corrected chi connectivity index (χ3v) is 15.9. The number of hydrogen-bond acceptors (Lipinski definition) is 16. The maximum absolute atomic E-state index is 14.5. The minimum atomic E-state index is -2.47. The van der Waals surface area contributed by atoms with Gasteiger partial charge in [0.2, 0.25) is 5.79 Å². The number of carbonyl (C=O) groups is 6. The second-order valence-electron chi connectivity index (χ2n) is 21.8. The standard InChI is InChI=1S/C56H87NO16/c1-33-17-13-12-14-18-34(2)45(68-9)29-41-22-20-39(7)56(67,73-41)51(63)52(64)57-24-16-15-19-42(57)53(65)71-46(30-43(60)35(3)26-38(6)49(62)50(70-11)48(61)37(5)25-33)36(4)27-40-21-23-44(47(28-40)69-10)72-54(66)55(8,31-58)32-59/h12-14,17-18,26,33,35-37,39-42,44-47,49-50,58-59,62,67H,15-16,19-25,27-32H2,1-11H3/b14-12?,17-13?,34-18?,38-26+/t33-,35-,36-,37-,39-,40+,41+,42+,44-,45+,46+,47-,49-,50+,56-/m1/s1. The Kier molecular flexibility index (Phi) is 23.9. The number of Topliss-reactive ketones (excluding diaryl/α,β-unsaturated/α-hetero) is 3. The molecule has 0 aromatic heterocycles. The van der Waals surface area contributed by atoms with Gasteiger partial charge in [0.15, 0.2) is 5.78 Å². The molecule has 1 aliphatic carbocycles. The van der Waals surface area contributed by atoms with Gasteiger partial charge in [0.05, 0.1) is 31.5 Å². The minimum Gasteiger partial charge on any atom is -0.460 e. The maximum atomic E-state index is 14.5. The summed E-state index contributed by atoms with van der Waals surface area (Å²) in [5.41, 5.74) is -0.277. The van der Waals surface area contributed by atoms with Crippen molar-refractivity contribution in [2.45, 2.75) is 187 Å². The van der Waals surface area contributed by atoms with E-state index < -0.39 is 120 Å². The number of piperidine rings is 1. The van der Waals surface area contributed by atoms with Crippen LogP contribution in [0, 0.1) is 40.9 Å². The van der Waals surface area contributed by atoms with Crippen molar-refractivity contribution in [1.29, 1.82) is 0 Å². The van der Waals surface area contributed by atoms with Gasteiger partial charge in [0.25, 0.3) is 11.7 Å². The van der Waals surface area contributed by atoms with Crippen LogP contribution in [0.4, 0.5) is 0 Å². The molecule has 17 nitrogen and oxygen atoms in total. The van der Waals surface area contributed by atoms with E-state index in [-0.39, 0.29) is 42.8 Å². The number of methoxy groups -OCH3 is 3. The molecule has 0 aromatic rings. The summed E-state index contributed by atoms with van der Waals surface area (Å²) >= 11 is 0. The Labute approximate surface area is 433 Å². The van der Waals surface area contributed by atoms with Crippen LogP contribution in [0.15, 0.2) is 47.6 Å². The number of allylic oxidation sites excluding steroid dienone is 6. The SMILES string of the molecule is CO[C@H]1C[C@@H]2CC[C@@H](C)[C@@](O)(O2)C(=O)C(=O)N2CCCC[C@H]2C(=O)O[C@H]([C@H](C)C[C@@H]2CC[C@@H](OC(=O)C(C)(CO)CO)[C@H](OC)C2)CC(=O)[C@H](C)/C=C(\C)[C@@H](O)[C@@H](OC)C(=O)[C@H](C)C[C@H](C)C=CC=CC=C1C. The summed E-state index contributed by atoms with van der Waals surface area (Å²) in [5, 5.41) is 43.1. The average molecular weight is 1030 g/mol. The molecule has 3 heterocycles. The number of ketones is 3. The number of aliphatic hydroxyl groups excluding tert-OH is 3. The molecule has 1 saturated carbocycles. The zero-order valence-corrected chi connectivity index (χ0v) is 45.3. The van der Waals surface area contributed by atoms with Crippen molar-refractivity contribution in [3.63, 3.8) is 0 Å². The molecule has 4 rings (SSSR count). The number of ether oxygens (including phenoxy) is 6. The lowest BCUT2D eigenvalue weighted by Crippen LogP contribution is -2.61. The van der Waals surface area contributed by atoms with Crippen molar-refractivity contribution in [2.75, 3.05) is 41.1 Å². The Hall–Kier alpha value is -3.94. The first-order valence-electron chi connectivity index (χ1n) is 26.4. The number of cyclic esters (lactones) is 1. The van der Waals surface area contributed by atoms with Gasteiger partial charge in [-0.3, -0.25) is 24.0 Å². The molecule has 0 spiro atoms. The normalized spacial score (nSPS) is 35.8. The van der Waals surface area contributed by atoms with Crippen LogP contribution in [0.5, 0.6) is 0 Å². The highest BCUT2D eigenvalue weighted by atomic mass is 16.6. The fourth-order valence-electron chi connectivity index (χ4n) is 10.7. The van der Waals surface area contributed by atoms with Gasteiger partial charge in [-0.2, -0.15) is 0 Å². The monoisotopic (exact) mass is 1030 g/mol. The molecule has 17 heteroatoms. The fourth-order valence-corrected chi connectivity index (χ4v) is 10.7. The van der Waals surface area contributed by atoms with Crippen molar-refractivity contribution in [3.05, 3.63) is 47.6 Å². The number of nitrogens with zero attached hydrogens (tertiary/aromatic N) is 1. The van der Waals surface area contributed by atoms with E-state index in [9.17, 15) is 49.2 Å². The van der Waals surface area contributed by atoms with Gasteiger partial charge in [-0.1, -0.05) is 71.1 Å². The van der Waals surface area contributed by atoms with Gasteiger partial charge in [-0.15, -0.1) is 0 Å². The van der Waals surface area contributed by atoms with Crippen LogP contribution in [0.1, 0.15) is 132 Å². The Balaban J connectivity index is 1.69. The summed E-state index contributed by atoms with van der Waals surface area (Å²) in [4.78, 5) is 85.4. The Morgan fingerprint density at radius 1 is 0.863 bits per heavy atom. The van der Waals surface area contributed by atoms with E-state index in [1.807, 2.05) is 51.2 Å². The van der Waals surface area contributed by atoms with E-state index >= 15 is 0 Å². The summed E-state index contributed by atoms with van der Waals surface area (Å²) in [6, 6.07) is -1.20. The lowest BCUT2D eigenvalue weighted by Gasteiger charge is -2.42. The third-order valence-electron chi connectivity index (χ3n) is 15.9. The predicted molar refractivity (Wildman–Crippen MR) is 271 cm³/mol. The first-order valence-corrected chi connectivity index (χ1v) is 26.4. The molecule has 1 amide bonds. The molecule has 3 aliphatic heterocycles. The third kappa shape index (κ3) is 16.0. The number of esters is 2. The minimum absolute atomic E-state index is 0.00697. The maximum Gasteiger partial charge on any atom is 0.329 e. The smallest absolute Gasteiger partial charge is 0.329 e. The van der Waals surface area contributed by atoms with Gasteiger partial charge in [-0.25, -0.2) is 4.79 Å². The molecule has 15 atom stereocenters. The first kappa shape index (κ1) is 61.6. The number of rotatable bonds is 10. The molecule has 73 heavy (non-hydrogen) atoms. The van der Waals surface area contributed by atoms with Crippen molar-refractivity contribution in [3.8, 4) is 0 Å². The Morgan fingerprint density at radius 3 is 2.21 bits per heavy atom. The molecule has 2 saturated heterocycles. The van der Waals surface area contributed by atoms with Gasteiger partial charge >= 0.3 is 11.9 Å². The summed E-state index contributed by atoms with van der Waals surface area (Å²) in [6.45, 7) is 12.7. The van der Waals surface area contributed by atoms with Gasteiger partial charge in [-0.05, 0) is 114 Å². The first-order chi connectivity index (χ1) is 34.5. The van der Waals surface area contributed by atoms with Crippen molar-refractivity contribution >= 4 is 35.2 Å². The number of aliphatic hydroxyl groups is 4. The van der Waals surface area contributed by atoms with E-state index in [0.717, 1.165) is 10.5 Å². The van der Waals surface area contributed by atoms with Crippen LogP contribution in [0.25, 0.3) is 0 Å². The largest absolute Gasteiger partial charge is 0.460 e. The predicted octanol–water partition coefficient (Wildman–Crippen LogP) is 5.72. The highest BCUT2D eigenvalue weighted by Crippen LogP contribution is 2.38. The lowest BCUT2D eigenvalue weighted by molar-refractivity contribution is -0.265. The molecule has 412 valence electrons. The van der Waals surface area contributed by atoms with E-state index in [1.54, 1.807) is 40.9 Å². The van der Waals surface area contributed by atoms with Crippen LogP contribution in [-0.4, -0.2) is 156 Å². The number of carbonyl (C=O) groups excluding carboxylic acids is 6. The zero-order valence-electron chi connectivity index (χ0n) is 45.3. The van der Waals surface area contributed by atoms with E-state index in [1.165, 1.54) is 21.1 Å². The Bertz CT molecular complexity index is 2010.